The van der Waals surface area contributed by atoms with Crippen LogP contribution in [0.25, 0.3) is 0 Å². The van der Waals surface area contributed by atoms with Crippen LogP contribution in [0.1, 0.15) is 5.69 Å². The Labute approximate surface area is 109 Å². The molecule has 0 fully saturated rings. The predicted octanol–water partition coefficient (Wildman–Crippen LogP) is 3.31. The molecule has 5 heteroatoms. The van der Waals surface area contributed by atoms with Crippen LogP contribution >= 0.6 is 23.4 Å². The Hall–Kier alpha value is -1.23. The number of rotatable bonds is 4. The first-order valence-corrected chi connectivity index (χ1v) is 6.45. The molecule has 88 valence electrons. The Kier molecular flexibility index (Phi) is 4.25. The first-order chi connectivity index (χ1) is 8.28. The minimum absolute atomic E-state index is 0.675. The molecule has 2 aromatic rings. The van der Waals surface area contributed by atoms with Gasteiger partial charge in [0.2, 0.25) is 0 Å². The fourth-order valence-corrected chi connectivity index (χ4v) is 2.47. The molecule has 0 saturated carbocycles. The third kappa shape index (κ3) is 3.63. The summed E-state index contributed by atoms with van der Waals surface area (Å²) in [5, 5.41) is 0.750. The van der Waals surface area contributed by atoms with Crippen LogP contribution in [0.4, 0.5) is 5.82 Å². The number of thioether (sulfide) groups is 1. The summed E-state index contributed by atoms with van der Waals surface area (Å²) in [5.74, 6) is 6.77. The smallest absolute Gasteiger partial charge is 0.140 e. The lowest BCUT2D eigenvalue weighted by Gasteiger charge is -2.04. The number of hydrogen-bond donors (Lipinski definition) is 2. The predicted molar refractivity (Wildman–Crippen MR) is 73.1 cm³/mol. The molecule has 0 aliphatic carbocycles. The molecule has 17 heavy (non-hydrogen) atoms. The van der Waals surface area contributed by atoms with Crippen LogP contribution in [0.3, 0.4) is 0 Å². The molecule has 2 rings (SSSR count). The number of aromatic nitrogens is 1. The van der Waals surface area contributed by atoms with E-state index < -0.39 is 0 Å². The van der Waals surface area contributed by atoms with Crippen LogP contribution in [-0.2, 0) is 5.75 Å². The van der Waals surface area contributed by atoms with Gasteiger partial charge in [-0.05, 0) is 30.3 Å². The van der Waals surface area contributed by atoms with Crippen molar-refractivity contribution < 1.29 is 0 Å². The van der Waals surface area contributed by atoms with Gasteiger partial charge in [-0.1, -0.05) is 23.7 Å². The van der Waals surface area contributed by atoms with Gasteiger partial charge in [0.25, 0.3) is 0 Å². The van der Waals surface area contributed by atoms with Gasteiger partial charge in [-0.2, -0.15) is 0 Å². The van der Waals surface area contributed by atoms with Gasteiger partial charge in [-0.25, -0.2) is 10.8 Å². The Balaban J connectivity index is 2.02. The van der Waals surface area contributed by atoms with E-state index in [1.807, 2.05) is 42.5 Å². The lowest BCUT2D eigenvalue weighted by Crippen LogP contribution is -2.08. The molecular weight excluding hydrogens is 254 g/mol. The van der Waals surface area contributed by atoms with Crippen LogP contribution in [-0.4, -0.2) is 4.98 Å². The summed E-state index contributed by atoms with van der Waals surface area (Å²) < 4.78 is 0. The molecule has 1 aromatic heterocycles. The molecule has 0 amide bonds. The second kappa shape index (κ2) is 5.91. The van der Waals surface area contributed by atoms with Gasteiger partial charge in [0.1, 0.15) is 5.82 Å². The molecule has 3 nitrogen and oxygen atoms in total. The van der Waals surface area contributed by atoms with Crippen molar-refractivity contribution in [3.05, 3.63) is 53.2 Å². The summed E-state index contributed by atoms with van der Waals surface area (Å²) in [6.07, 6.45) is 0. The number of hydrogen-bond acceptors (Lipinski definition) is 4. The lowest BCUT2D eigenvalue weighted by atomic mass is 10.4. The van der Waals surface area contributed by atoms with Crippen molar-refractivity contribution in [2.75, 3.05) is 5.43 Å². The average molecular weight is 266 g/mol. The first kappa shape index (κ1) is 12.2. The van der Waals surface area contributed by atoms with Gasteiger partial charge < -0.3 is 5.43 Å². The topological polar surface area (TPSA) is 50.9 Å². The van der Waals surface area contributed by atoms with E-state index in [4.69, 9.17) is 17.4 Å². The molecule has 1 aromatic carbocycles. The second-order valence-electron chi connectivity index (χ2n) is 3.40. The summed E-state index contributed by atoms with van der Waals surface area (Å²) in [6, 6.07) is 13.5. The lowest BCUT2D eigenvalue weighted by molar-refractivity contribution is 1.14. The van der Waals surface area contributed by atoms with Crippen molar-refractivity contribution in [3.63, 3.8) is 0 Å². The molecule has 0 radical (unpaired) electrons. The number of nitrogens with one attached hydrogen (secondary N) is 1. The number of nitrogen functional groups attached to an aromatic ring is 1. The van der Waals surface area contributed by atoms with E-state index in [0.29, 0.717) is 5.82 Å². The van der Waals surface area contributed by atoms with E-state index in [1.165, 1.54) is 0 Å². The van der Waals surface area contributed by atoms with Gasteiger partial charge in [-0.3, -0.25) is 0 Å². The average Bonchev–Trinajstić information content (AvgIpc) is 2.37. The van der Waals surface area contributed by atoms with Crippen LogP contribution in [0.15, 0.2) is 47.4 Å². The minimum Gasteiger partial charge on any atom is -0.308 e. The zero-order chi connectivity index (χ0) is 12.1. The fraction of sp³-hybridized carbons (Fsp3) is 0.0833. The maximum Gasteiger partial charge on any atom is 0.140 e. The van der Waals surface area contributed by atoms with Crippen molar-refractivity contribution in [3.8, 4) is 0 Å². The molecule has 0 bridgehead atoms. The van der Waals surface area contributed by atoms with Gasteiger partial charge in [-0.15, -0.1) is 11.8 Å². The van der Waals surface area contributed by atoms with E-state index in [0.717, 1.165) is 21.4 Å². The molecule has 3 N–H and O–H groups in total. The third-order valence-corrected chi connectivity index (χ3v) is 3.40. The molecule has 0 atom stereocenters. The summed E-state index contributed by atoms with van der Waals surface area (Å²) in [4.78, 5) is 5.47. The molecule has 0 unspecified atom stereocenters. The van der Waals surface area contributed by atoms with E-state index in [-0.39, 0.29) is 0 Å². The van der Waals surface area contributed by atoms with Gasteiger partial charge >= 0.3 is 0 Å². The highest BCUT2D eigenvalue weighted by Crippen LogP contribution is 2.24. The molecule has 0 aliphatic rings. The largest absolute Gasteiger partial charge is 0.308 e. The highest BCUT2D eigenvalue weighted by molar-refractivity contribution is 7.98. The van der Waals surface area contributed by atoms with E-state index >= 15 is 0 Å². The normalized spacial score (nSPS) is 10.2. The Bertz CT molecular complexity index is 505. The molecular formula is C12H12ClN3S. The zero-order valence-electron chi connectivity index (χ0n) is 9.06. The molecule has 0 aliphatic heterocycles. The Morgan fingerprint density at radius 1 is 1.24 bits per heavy atom. The zero-order valence-corrected chi connectivity index (χ0v) is 10.6. The third-order valence-electron chi connectivity index (χ3n) is 2.14. The van der Waals surface area contributed by atoms with Gasteiger partial charge in [0.05, 0.1) is 5.69 Å². The number of benzene rings is 1. The number of pyridine rings is 1. The number of anilines is 1. The van der Waals surface area contributed by atoms with Gasteiger partial charge in [0, 0.05) is 15.7 Å². The number of nitrogens with two attached hydrogens (primary N) is 1. The highest BCUT2D eigenvalue weighted by atomic mass is 35.5. The number of nitrogens with zero attached hydrogens (tertiary/aromatic N) is 1. The monoisotopic (exact) mass is 265 g/mol. The number of hydrazine groups is 1. The highest BCUT2D eigenvalue weighted by Gasteiger charge is 1.99. The van der Waals surface area contributed by atoms with Crippen molar-refractivity contribution in [1.82, 2.24) is 4.98 Å². The number of halogens is 1. The fourth-order valence-electron chi connectivity index (χ4n) is 1.35. The molecule has 0 saturated heterocycles. The quantitative estimate of drug-likeness (QED) is 0.506. The summed E-state index contributed by atoms with van der Waals surface area (Å²) in [7, 11) is 0. The summed E-state index contributed by atoms with van der Waals surface area (Å²) in [6.45, 7) is 0. The summed E-state index contributed by atoms with van der Waals surface area (Å²) in [5.41, 5.74) is 3.51. The van der Waals surface area contributed by atoms with Crippen LogP contribution in [0.5, 0.6) is 0 Å². The molecule has 0 spiro atoms. The standard InChI is InChI=1S/C12H12ClN3S/c13-9-3-1-5-11(7-9)17-8-10-4-2-6-12(15-10)16-14/h1-7H,8,14H2,(H,15,16). The van der Waals surface area contributed by atoms with Crippen molar-refractivity contribution in [1.29, 1.82) is 0 Å². The first-order valence-electron chi connectivity index (χ1n) is 5.09. The summed E-state index contributed by atoms with van der Waals surface area (Å²) >= 11 is 7.61. The van der Waals surface area contributed by atoms with Crippen molar-refractivity contribution in [2.24, 2.45) is 5.84 Å². The molecule has 1 heterocycles. The SMILES string of the molecule is NNc1cccc(CSc2cccc(Cl)c2)n1. The van der Waals surface area contributed by atoms with E-state index in [9.17, 15) is 0 Å². The minimum atomic E-state index is 0.675. The van der Waals surface area contributed by atoms with Gasteiger partial charge in [0.15, 0.2) is 0 Å². The Morgan fingerprint density at radius 3 is 2.82 bits per heavy atom. The van der Waals surface area contributed by atoms with Crippen molar-refractivity contribution in [2.45, 2.75) is 10.6 Å². The second-order valence-corrected chi connectivity index (χ2v) is 4.89. The maximum absolute atomic E-state index is 5.92. The van der Waals surface area contributed by atoms with Crippen LogP contribution in [0.2, 0.25) is 5.02 Å². The van der Waals surface area contributed by atoms with Crippen molar-refractivity contribution >= 4 is 29.2 Å². The van der Waals surface area contributed by atoms with E-state index in [2.05, 4.69) is 10.4 Å². The maximum atomic E-state index is 5.92. The van der Waals surface area contributed by atoms with Crippen LogP contribution < -0.4 is 11.3 Å². The van der Waals surface area contributed by atoms with E-state index in [1.54, 1.807) is 11.8 Å². The van der Waals surface area contributed by atoms with Crippen LogP contribution in [0, 0.1) is 0 Å². The Morgan fingerprint density at radius 2 is 2.06 bits per heavy atom.